The van der Waals surface area contributed by atoms with Gasteiger partial charge in [-0.1, -0.05) is 46.4 Å². The van der Waals surface area contributed by atoms with Crippen LogP contribution < -0.4 is 5.73 Å². The molecule has 0 aromatic carbocycles. The maximum absolute atomic E-state index is 12.7. The van der Waals surface area contributed by atoms with Gasteiger partial charge < -0.3 is 10.8 Å². The summed E-state index contributed by atoms with van der Waals surface area (Å²) in [5.41, 5.74) is 4.27. The Hall–Kier alpha value is -1.74. The molecule has 0 spiro atoms. The first-order valence-electron chi connectivity index (χ1n) is 5.60. The molecule has 0 unspecified atom stereocenters. The molecule has 24 heavy (non-hydrogen) atoms. The zero-order valence-corrected chi connectivity index (χ0v) is 14.2. The van der Waals surface area contributed by atoms with Crippen LogP contribution in [0.15, 0.2) is 12.1 Å². The number of primary amides is 1. The highest BCUT2D eigenvalue weighted by atomic mass is 35.5. The average Bonchev–Trinajstić information content (AvgIpc) is 2.46. The molecule has 2 aromatic rings. The third-order valence-corrected chi connectivity index (χ3v) is 3.38. The van der Waals surface area contributed by atoms with Crippen LogP contribution in [0.2, 0.25) is 20.6 Å². The molecule has 0 aliphatic heterocycles. The van der Waals surface area contributed by atoms with E-state index in [1.807, 2.05) is 0 Å². The fourth-order valence-corrected chi connectivity index (χ4v) is 2.03. The number of carbonyl (C=O) groups excluding carboxylic acids is 1. The second-order valence-electron chi connectivity index (χ2n) is 3.87. The molecule has 0 aliphatic carbocycles. The Labute approximate surface area is 153 Å². The monoisotopic (exact) mass is 417 g/mol. The van der Waals surface area contributed by atoms with Gasteiger partial charge in [0.1, 0.15) is 10.3 Å². The molecule has 0 atom stereocenters. The van der Waals surface area contributed by atoms with Crippen LogP contribution in [0.3, 0.4) is 0 Å². The molecule has 128 valence electrons. The summed E-state index contributed by atoms with van der Waals surface area (Å²) >= 11 is 21.3. The summed E-state index contributed by atoms with van der Waals surface area (Å²) in [6.07, 6.45) is 0. The molecule has 0 aliphatic rings. The summed E-state index contributed by atoms with van der Waals surface area (Å²) in [5, 5.41) is 7.10. The molecule has 12 heteroatoms. The first kappa shape index (κ1) is 20.3. The molecule has 3 N–H and O–H groups in total. The van der Waals surface area contributed by atoms with E-state index >= 15 is 0 Å². The topological polar surface area (TPSA) is 106 Å². The number of carboxylic acid groups (broad SMARTS) is 1. The molecule has 2 aromatic heterocycles. The fourth-order valence-electron chi connectivity index (χ4n) is 1.21. The van der Waals surface area contributed by atoms with E-state index in [9.17, 15) is 18.4 Å². The second kappa shape index (κ2) is 8.39. The Morgan fingerprint density at radius 1 is 0.875 bits per heavy atom. The predicted molar refractivity (Wildman–Crippen MR) is 83.9 cm³/mol. The number of amides is 1. The molecule has 0 fully saturated rings. The van der Waals surface area contributed by atoms with E-state index in [-0.39, 0.29) is 21.0 Å². The average molecular weight is 419 g/mol. The number of nitrogens with zero attached hydrogens (tertiary/aromatic N) is 2. The summed E-state index contributed by atoms with van der Waals surface area (Å²) in [5.74, 6) is -3.92. The highest BCUT2D eigenvalue weighted by molar-refractivity contribution is 6.35. The fraction of sp³-hybridized carbons (Fsp3) is 0. The highest BCUT2D eigenvalue weighted by Gasteiger charge is 2.14. The lowest BCUT2D eigenvalue weighted by molar-refractivity contribution is 0.0695. The summed E-state index contributed by atoms with van der Waals surface area (Å²) in [6.45, 7) is 0. The van der Waals surface area contributed by atoms with Gasteiger partial charge in [0.05, 0.1) is 11.1 Å². The summed E-state index contributed by atoms with van der Waals surface area (Å²) in [6, 6.07) is 1.57. The minimum absolute atomic E-state index is 0.182. The van der Waals surface area contributed by atoms with Crippen molar-refractivity contribution < 1.29 is 23.5 Å². The number of aromatic carboxylic acids is 1. The molecular formula is C12H5Cl4F2N3O3. The van der Waals surface area contributed by atoms with Gasteiger partial charge in [0, 0.05) is 0 Å². The summed E-state index contributed by atoms with van der Waals surface area (Å²) in [4.78, 5) is 27.5. The number of pyridine rings is 2. The van der Waals surface area contributed by atoms with Crippen LogP contribution in [0.25, 0.3) is 0 Å². The number of hydrogen-bond acceptors (Lipinski definition) is 4. The number of rotatable bonds is 2. The van der Waals surface area contributed by atoms with Crippen LogP contribution in [0.5, 0.6) is 0 Å². The maximum Gasteiger partial charge on any atom is 0.338 e. The number of carbonyl (C=O) groups is 2. The first-order valence-corrected chi connectivity index (χ1v) is 7.12. The third kappa shape index (κ3) is 5.13. The SMILES string of the molecule is NC(=O)c1cc(F)c(Cl)nc1Cl.O=C(O)c1cc(F)c(Cl)nc1Cl. The van der Waals surface area contributed by atoms with Gasteiger partial charge in [-0.2, -0.15) is 0 Å². The number of carboxylic acids is 1. The Kier molecular flexibility index (Phi) is 7.09. The summed E-state index contributed by atoms with van der Waals surface area (Å²) < 4.78 is 25.3. The molecule has 1 amide bonds. The van der Waals surface area contributed by atoms with Gasteiger partial charge in [0.2, 0.25) is 0 Å². The summed E-state index contributed by atoms with van der Waals surface area (Å²) in [7, 11) is 0. The minimum Gasteiger partial charge on any atom is -0.478 e. The van der Waals surface area contributed by atoms with Crippen molar-refractivity contribution in [2.45, 2.75) is 0 Å². The maximum atomic E-state index is 12.7. The molecule has 0 radical (unpaired) electrons. The predicted octanol–water partition coefficient (Wildman–Crippen LogP) is 3.85. The van der Waals surface area contributed by atoms with Gasteiger partial charge >= 0.3 is 5.97 Å². The standard InChI is InChI=1S/C6H3Cl2FN2O.C6H2Cl2FNO2/c7-4-2(6(10)12)1-3(9)5(8)11-4;7-4-2(6(11)12)1-3(9)5(8)10-4/h1H,(H2,10,12);1H,(H,11,12). The van der Waals surface area contributed by atoms with Gasteiger partial charge in [0.15, 0.2) is 21.9 Å². The van der Waals surface area contributed by atoms with Crippen molar-refractivity contribution in [2.24, 2.45) is 5.73 Å². The highest BCUT2D eigenvalue weighted by Crippen LogP contribution is 2.20. The lowest BCUT2D eigenvalue weighted by Crippen LogP contribution is -2.12. The van der Waals surface area contributed by atoms with Crippen LogP contribution in [-0.2, 0) is 0 Å². The Morgan fingerprint density at radius 2 is 1.25 bits per heavy atom. The molecule has 0 bridgehead atoms. The van der Waals surface area contributed by atoms with E-state index in [0.29, 0.717) is 0 Å². The smallest absolute Gasteiger partial charge is 0.338 e. The van der Waals surface area contributed by atoms with Crippen LogP contribution >= 0.6 is 46.4 Å². The van der Waals surface area contributed by atoms with Crippen molar-refractivity contribution in [3.8, 4) is 0 Å². The Balaban J connectivity index is 0.000000240. The van der Waals surface area contributed by atoms with Crippen LogP contribution in [0, 0.1) is 11.6 Å². The molecule has 0 saturated heterocycles. The number of halogens is 6. The van der Waals surface area contributed by atoms with Gasteiger partial charge in [-0.25, -0.2) is 23.5 Å². The lowest BCUT2D eigenvalue weighted by Gasteiger charge is -1.99. The normalized spacial score (nSPS) is 9.92. The van der Waals surface area contributed by atoms with Gasteiger partial charge in [-0.05, 0) is 12.1 Å². The largest absolute Gasteiger partial charge is 0.478 e. The molecule has 0 saturated carbocycles. The number of nitrogens with two attached hydrogens (primary N) is 1. The lowest BCUT2D eigenvalue weighted by atomic mass is 10.3. The minimum atomic E-state index is -1.34. The zero-order chi connectivity index (χ0) is 18.6. The van der Waals surface area contributed by atoms with Gasteiger partial charge in [-0.15, -0.1) is 0 Å². The molecule has 2 rings (SSSR count). The van der Waals surface area contributed by atoms with E-state index in [0.717, 1.165) is 12.1 Å². The van der Waals surface area contributed by atoms with Crippen molar-refractivity contribution in [1.29, 1.82) is 0 Å². The Morgan fingerprint density at radius 3 is 1.62 bits per heavy atom. The van der Waals surface area contributed by atoms with E-state index in [1.165, 1.54) is 0 Å². The number of aromatic nitrogens is 2. The van der Waals surface area contributed by atoms with Crippen molar-refractivity contribution in [3.05, 3.63) is 55.5 Å². The van der Waals surface area contributed by atoms with Crippen LogP contribution in [0.1, 0.15) is 20.7 Å². The van der Waals surface area contributed by atoms with Gasteiger partial charge in [0.25, 0.3) is 5.91 Å². The Bertz CT molecular complexity index is 753. The van der Waals surface area contributed by atoms with Crippen molar-refractivity contribution in [2.75, 3.05) is 0 Å². The number of hydrogen-bond donors (Lipinski definition) is 2. The van der Waals surface area contributed by atoms with E-state index in [4.69, 9.17) is 57.2 Å². The van der Waals surface area contributed by atoms with E-state index < -0.39 is 34.2 Å². The van der Waals surface area contributed by atoms with Crippen molar-refractivity contribution in [3.63, 3.8) is 0 Å². The zero-order valence-electron chi connectivity index (χ0n) is 11.2. The third-order valence-electron chi connectivity index (χ3n) is 2.27. The molecule has 2 heterocycles. The second-order valence-corrected chi connectivity index (χ2v) is 5.30. The van der Waals surface area contributed by atoms with Crippen molar-refractivity contribution >= 4 is 58.3 Å². The van der Waals surface area contributed by atoms with Crippen molar-refractivity contribution in [1.82, 2.24) is 9.97 Å². The first-order chi connectivity index (χ1) is 11.0. The quantitative estimate of drug-likeness (QED) is 0.720. The molecular weight excluding hydrogens is 414 g/mol. The van der Waals surface area contributed by atoms with E-state index in [2.05, 4.69) is 9.97 Å². The molecule has 6 nitrogen and oxygen atoms in total. The van der Waals surface area contributed by atoms with Crippen LogP contribution in [-0.4, -0.2) is 27.0 Å². The van der Waals surface area contributed by atoms with E-state index in [1.54, 1.807) is 0 Å². The van der Waals surface area contributed by atoms with Crippen LogP contribution in [0.4, 0.5) is 8.78 Å². The van der Waals surface area contributed by atoms with Gasteiger partial charge in [-0.3, -0.25) is 4.79 Å².